The lowest BCUT2D eigenvalue weighted by Gasteiger charge is -2.16. The van der Waals surface area contributed by atoms with Crippen molar-refractivity contribution in [2.45, 2.75) is 6.54 Å². The minimum absolute atomic E-state index is 0.173. The van der Waals surface area contributed by atoms with E-state index in [-0.39, 0.29) is 5.91 Å². The Kier molecular flexibility index (Phi) is 3.31. The normalized spacial score (nSPS) is 10.7. The molecule has 0 aliphatic heterocycles. The maximum atomic E-state index is 12.4. The SMILES string of the molecule is CN(Cc1ccoc1)C(=O)c1cc(N)c2ccccc2n1. The Morgan fingerprint density at radius 2 is 2.14 bits per heavy atom. The van der Waals surface area contributed by atoms with E-state index in [4.69, 9.17) is 10.2 Å². The largest absolute Gasteiger partial charge is 0.472 e. The predicted octanol–water partition coefficient (Wildman–Crippen LogP) is 2.68. The molecule has 0 spiro atoms. The van der Waals surface area contributed by atoms with Crippen molar-refractivity contribution in [3.63, 3.8) is 0 Å². The van der Waals surface area contributed by atoms with Crippen molar-refractivity contribution in [1.29, 1.82) is 0 Å². The lowest BCUT2D eigenvalue weighted by molar-refractivity contribution is 0.0779. The van der Waals surface area contributed by atoms with Gasteiger partial charge in [0.25, 0.3) is 5.91 Å². The van der Waals surface area contributed by atoms with Crippen LogP contribution in [0.1, 0.15) is 16.1 Å². The van der Waals surface area contributed by atoms with Gasteiger partial charge in [0.2, 0.25) is 0 Å². The second kappa shape index (κ2) is 5.28. The molecule has 2 N–H and O–H groups in total. The summed E-state index contributed by atoms with van der Waals surface area (Å²) in [6.07, 6.45) is 3.20. The molecule has 1 aromatic carbocycles. The van der Waals surface area contributed by atoms with Crippen LogP contribution in [0.25, 0.3) is 10.9 Å². The minimum Gasteiger partial charge on any atom is -0.472 e. The van der Waals surface area contributed by atoms with Crippen molar-refractivity contribution in [2.75, 3.05) is 12.8 Å². The lowest BCUT2D eigenvalue weighted by atomic mass is 10.1. The van der Waals surface area contributed by atoms with E-state index < -0.39 is 0 Å². The number of hydrogen-bond donors (Lipinski definition) is 1. The quantitative estimate of drug-likeness (QED) is 0.801. The Hall–Kier alpha value is -2.82. The average Bonchev–Trinajstić information content (AvgIpc) is 2.99. The highest BCUT2D eigenvalue weighted by molar-refractivity contribution is 5.99. The summed E-state index contributed by atoms with van der Waals surface area (Å²) in [7, 11) is 1.72. The van der Waals surface area contributed by atoms with E-state index in [9.17, 15) is 4.79 Å². The smallest absolute Gasteiger partial charge is 0.272 e. The van der Waals surface area contributed by atoms with Gasteiger partial charge < -0.3 is 15.1 Å². The summed E-state index contributed by atoms with van der Waals surface area (Å²) in [5.41, 5.74) is 8.56. The van der Waals surface area contributed by atoms with Crippen LogP contribution in [0.2, 0.25) is 0 Å². The van der Waals surface area contributed by atoms with Crippen molar-refractivity contribution in [3.05, 3.63) is 60.2 Å². The van der Waals surface area contributed by atoms with E-state index in [1.165, 1.54) is 0 Å². The number of rotatable bonds is 3. The monoisotopic (exact) mass is 281 g/mol. The number of hydrogen-bond acceptors (Lipinski definition) is 4. The van der Waals surface area contributed by atoms with Gasteiger partial charge in [-0.25, -0.2) is 4.98 Å². The highest BCUT2D eigenvalue weighted by Crippen LogP contribution is 2.21. The molecule has 2 aromatic heterocycles. The Morgan fingerprint density at radius 3 is 2.90 bits per heavy atom. The van der Waals surface area contributed by atoms with Crippen LogP contribution in [0, 0.1) is 0 Å². The summed E-state index contributed by atoms with van der Waals surface area (Å²) in [6.45, 7) is 0.462. The highest BCUT2D eigenvalue weighted by Gasteiger charge is 2.15. The maximum absolute atomic E-state index is 12.4. The first-order valence-corrected chi connectivity index (χ1v) is 6.57. The minimum atomic E-state index is -0.173. The fourth-order valence-electron chi connectivity index (χ4n) is 2.24. The van der Waals surface area contributed by atoms with Crippen molar-refractivity contribution in [3.8, 4) is 0 Å². The first-order chi connectivity index (χ1) is 10.1. The number of pyridine rings is 1. The number of amides is 1. The lowest BCUT2D eigenvalue weighted by Crippen LogP contribution is -2.27. The summed E-state index contributed by atoms with van der Waals surface area (Å²) in [5.74, 6) is -0.173. The van der Waals surface area contributed by atoms with Crippen LogP contribution in [-0.4, -0.2) is 22.8 Å². The number of nitrogens with two attached hydrogens (primary N) is 1. The number of aromatic nitrogens is 1. The molecular formula is C16H15N3O2. The fourth-order valence-corrected chi connectivity index (χ4v) is 2.24. The fraction of sp³-hybridized carbons (Fsp3) is 0.125. The number of para-hydroxylation sites is 1. The van der Waals surface area contributed by atoms with Gasteiger partial charge in [-0.2, -0.15) is 0 Å². The summed E-state index contributed by atoms with van der Waals surface area (Å²) in [4.78, 5) is 18.4. The van der Waals surface area contributed by atoms with Crippen LogP contribution in [0.3, 0.4) is 0 Å². The van der Waals surface area contributed by atoms with Crippen molar-refractivity contribution >= 4 is 22.5 Å². The Labute approximate surface area is 122 Å². The van der Waals surface area contributed by atoms with Gasteiger partial charge in [-0.3, -0.25) is 4.79 Å². The van der Waals surface area contributed by atoms with Gasteiger partial charge in [0, 0.05) is 30.2 Å². The number of nitrogens with zero attached hydrogens (tertiary/aromatic N) is 2. The summed E-state index contributed by atoms with van der Waals surface area (Å²) in [6, 6.07) is 11.0. The number of furan rings is 1. The zero-order chi connectivity index (χ0) is 14.8. The second-order valence-electron chi connectivity index (χ2n) is 4.91. The van der Waals surface area contributed by atoms with Gasteiger partial charge >= 0.3 is 0 Å². The van der Waals surface area contributed by atoms with Crippen LogP contribution in [0.5, 0.6) is 0 Å². The van der Waals surface area contributed by atoms with Gasteiger partial charge in [0.1, 0.15) is 5.69 Å². The predicted molar refractivity (Wildman–Crippen MR) is 80.7 cm³/mol. The average molecular weight is 281 g/mol. The molecule has 0 radical (unpaired) electrons. The Balaban J connectivity index is 1.90. The van der Waals surface area contributed by atoms with Crippen LogP contribution in [-0.2, 0) is 6.54 Å². The molecule has 0 saturated carbocycles. The molecule has 106 valence electrons. The number of benzene rings is 1. The number of nitrogen functional groups attached to an aromatic ring is 1. The summed E-state index contributed by atoms with van der Waals surface area (Å²) < 4.78 is 5.00. The Bertz CT molecular complexity index is 781. The Morgan fingerprint density at radius 1 is 1.33 bits per heavy atom. The van der Waals surface area contributed by atoms with E-state index in [2.05, 4.69) is 4.98 Å². The van der Waals surface area contributed by atoms with E-state index >= 15 is 0 Å². The van der Waals surface area contributed by atoms with Crippen LogP contribution in [0.4, 0.5) is 5.69 Å². The first-order valence-electron chi connectivity index (χ1n) is 6.57. The maximum Gasteiger partial charge on any atom is 0.272 e. The van der Waals surface area contributed by atoms with Crippen molar-refractivity contribution in [2.24, 2.45) is 0 Å². The molecule has 0 bridgehead atoms. The molecule has 21 heavy (non-hydrogen) atoms. The molecule has 0 unspecified atom stereocenters. The summed E-state index contributed by atoms with van der Waals surface area (Å²) in [5, 5.41) is 0.853. The van der Waals surface area contributed by atoms with Crippen LogP contribution < -0.4 is 5.73 Å². The third-order valence-electron chi connectivity index (χ3n) is 3.31. The number of fused-ring (bicyclic) bond motifs is 1. The van der Waals surface area contributed by atoms with E-state index in [0.29, 0.717) is 17.9 Å². The zero-order valence-corrected chi connectivity index (χ0v) is 11.6. The van der Waals surface area contributed by atoms with E-state index in [1.54, 1.807) is 30.5 Å². The molecule has 0 aliphatic rings. The van der Waals surface area contributed by atoms with Crippen molar-refractivity contribution in [1.82, 2.24) is 9.88 Å². The van der Waals surface area contributed by atoms with E-state index in [0.717, 1.165) is 16.5 Å². The molecule has 5 nitrogen and oxygen atoms in total. The van der Waals surface area contributed by atoms with Gasteiger partial charge in [-0.15, -0.1) is 0 Å². The standard InChI is InChI=1S/C16H15N3O2/c1-19(9-11-6-7-21-10-11)16(20)15-8-13(17)12-4-2-3-5-14(12)18-15/h2-8,10H,9H2,1H3,(H2,17,18). The van der Waals surface area contributed by atoms with Crippen molar-refractivity contribution < 1.29 is 9.21 Å². The third kappa shape index (κ3) is 2.58. The van der Waals surface area contributed by atoms with E-state index in [1.807, 2.05) is 30.3 Å². The number of carbonyl (C=O) groups is 1. The van der Waals surface area contributed by atoms with Crippen LogP contribution >= 0.6 is 0 Å². The van der Waals surface area contributed by atoms with Gasteiger partial charge in [0.05, 0.1) is 18.0 Å². The molecule has 1 amide bonds. The van der Waals surface area contributed by atoms with Gasteiger partial charge in [-0.05, 0) is 18.2 Å². The van der Waals surface area contributed by atoms with Gasteiger partial charge in [-0.1, -0.05) is 18.2 Å². The molecule has 2 heterocycles. The highest BCUT2D eigenvalue weighted by atomic mass is 16.3. The van der Waals surface area contributed by atoms with Crippen LogP contribution in [0.15, 0.2) is 53.3 Å². The molecule has 3 rings (SSSR count). The second-order valence-corrected chi connectivity index (χ2v) is 4.91. The number of carbonyl (C=O) groups excluding carboxylic acids is 1. The number of anilines is 1. The molecule has 0 fully saturated rings. The molecule has 0 aliphatic carbocycles. The molecule has 3 aromatic rings. The summed E-state index contributed by atoms with van der Waals surface area (Å²) >= 11 is 0. The first kappa shape index (κ1) is 13.2. The zero-order valence-electron chi connectivity index (χ0n) is 11.6. The molecule has 0 saturated heterocycles. The third-order valence-corrected chi connectivity index (χ3v) is 3.31. The molecule has 0 atom stereocenters. The molecular weight excluding hydrogens is 266 g/mol. The molecule has 5 heteroatoms. The van der Waals surface area contributed by atoms with Gasteiger partial charge in [0.15, 0.2) is 0 Å². The topological polar surface area (TPSA) is 72.4 Å².